The second-order valence-electron chi connectivity index (χ2n) is 5.98. The number of carbonyl (C=O) groups excluding carboxylic acids is 1. The van der Waals surface area contributed by atoms with E-state index in [0.29, 0.717) is 12.3 Å². The number of amides is 1. The predicted octanol–water partition coefficient (Wildman–Crippen LogP) is 2.73. The minimum absolute atomic E-state index is 0.300. The van der Waals surface area contributed by atoms with Gasteiger partial charge >= 0.3 is 0 Å². The van der Waals surface area contributed by atoms with Crippen LogP contribution < -0.4 is 5.32 Å². The van der Waals surface area contributed by atoms with Crippen molar-refractivity contribution < 1.29 is 4.79 Å². The van der Waals surface area contributed by atoms with Crippen molar-refractivity contribution >= 4 is 5.91 Å². The molecule has 1 heterocycles. The lowest BCUT2D eigenvalue weighted by atomic mass is 9.99. The zero-order valence-electron chi connectivity index (χ0n) is 12.7. The Balaban J connectivity index is 1.64. The largest absolute Gasteiger partial charge is 0.343 e. The van der Waals surface area contributed by atoms with Gasteiger partial charge < -0.3 is 10.2 Å². The Morgan fingerprint density at radius 3 is 2.80 bits per heavy atom. The first-order valence-electron chi connectivity index (χ1n) is 7.69. The minimum atomic E-state index is 0.300. The van der Waals surface area contributed by atoms with Crippen molar-refractivity contribution in [3.63, 3.8) is 0 Å². The van der Waals surface area contributed by atoms with Crippen LogP contribution in [-0.4, -0.2) is 30.4 Å². The Kier molecular flexibility index (Phi) is 5.60. The molecule has 0 aliphatic carbocycles. The molecule has 1 saturated heterocycles. The van der Waals surface area contributed by atoms with Gasteiger partial charge in [-0.15, -0.1) is 0 Å². The second-order valence-corrected chi connectivity index (χ2v) is 5.98. The molecule has 0 saturated carbocycles. The van der Waals surface area contributed by atoms with Gasteiger partial charge in [-0.25, -0.2) is 0 Å². The summed E-state index contributed by atoms with van der Waals surface area (Å²) in [6.45, 7) is 7.86. The first-order chi connectivity index (χ1) is 9.65. The number of aryl methyl sites for hydroxylation is 1. The Morgan fingerprint density at radius 2 is 2.10 bits per heavy atom. The van der Waals surface area contributed by atoms with Crippen LogP contribution in [0, 0.1) is 12.8 Å². The maximum Gasteiger partial charge on any atom is 0.223 e. The van der Waals surface area contributed by atoms with Gasteiger partial charge in [0.2, 0.25) is 5.91 Å². The number of hydrogen-bond acceptors (Lipinski definition) is 2. The van der Waals surface area contributed by atoms with Gasteiger partial charge in [0.25, 0.3) is 0 Å². The number of hydrogen-bond donors (Lipinski definition) is 1. The molecule has 0 unspecified atom stereocenters. The van der Waals surface area contributed by atoms with Crippen LogP contribution in [0.4, 0.5) is 0 Å². The van der Waals surface area contributed by atoms with Crippen LogP contribution in [-0.2, 0) is 11.3 Å². The maximum atomic E-state index is 12.1. The normalized spacial score (nSPS) is 16.4. The summed E-state index contributed by atoms with van der Waals surface area (Å²) in [5, 5.41) is 3.36. The first-order valence-corrected chi connectivity index (χ1v) is 7.69. The quantitative estimate of drug-likeness (QED) is 0.837. The summed E-state index contributed by atoms with van der Waals surface area (Å²) in [5.74, 6) is 1.08. The van der Waals surface area contributed by atoms with E-state index in [1.54, 1.807) is 0 Å². The van der Waals surface area contributed by atoms with Gasteiger partial charge in [-0.05, 0) is 31.2 Å². The molecule has 1 fully saturated rings. The van der Waals surface area contributed by atoms with Crippen molar-refractivity contribution in [3.8, 4) is 0 Å². The van der Waals surface area contributed by atoms with E-state index >= 15 is 0 Å². The number of carbonyl (C=O) groups is 1. The van der Waals surface area contributed by atoms with Crippen LogP contribution in [0.2, 0.25) is 0 Å². The lowest BCUT2D eigenvalue weighted by Gasteiger charge is -2.30. The Hall–Kier alpha value is -1.35. The predicted molar refractivity (Wildman–Crippen MR) is 82.5 cm³/mol. The van der Waals surface area contributed by atoms with E-state index in [9.17, 15) is 4.79 Å². The van der Waals surface area contributed by atoms with Gasteiger partial charge in [-0.2, -0.15) is 0 Å². The minimum Gasteiger partial charge on any atom is -0.343 e. The molecule has 0 radical (unpaired) electrons. The maximum absolute atomic E-state index is 12.1. The van der Waals surface area contributed by atoms with Gasteiger partial charge in [0.1, 0.15) is 0 Å². The molecule has 1 amide bonds. The SMILES string of the molecule is Cc1cccc(CNCCC(=O)N2CCC(C)CC2)c1. The molecular formula is C17H26N2O. The summed E-state index contributed by atoms with van der Waals surface area (Å²) in [5.41, 5.74) is 2.56. The van der Waals surface area contributed by atoms with E-state index in [1.165, 1.54) is 11.1 Å². The zero-order valence-corrected chi connectivity index (χ0v) is 12.7. The van der Waals surface area contributed by atoms with Gasteiger partial charge in [0.15, 0.2) is 0 Å². The second kappa shape index (κ2) is 7.44. The van der Waals surface area contributed by atoms with Crippen molar-refractivity contribution in [2.75, 3.05) is 19.6 Å². The Labute approximate surface area is 122 Å². The fourth-order valence-corrected chi connectivity index (χ4v) is 2.67. The fraction of sp³-hybridized carbons (Fsp3) is 0.588. The molecule has 0 spiro atoms. The summed E-state index contributed by atoms with van der Waals surface area (Å²) in [4.78, 5) is 14.1. The number of likely N-dealkylation sites (tertiary alicyclic amines) is 1. The topological polar surface area (TPSA) is 32.3 Å². The summed E-state index contributed by atoms with van der Waals surface area (Å²) in [7, 11) is 0. The lowest BCUT2D eigenvalue weighted by molar-refractivity contribution is -0.132. The lowest BCUT2D eigenvalue weighted by Crippen LogP contribution is -2.39. The number of benzene rings is 1. The average molecular weight is 274 g/mol. The number of piperidine rings is 1. The molecule has 0 aromatic heterocycles. The van der Waals surface area contributed by atoms with Crippen LogP contribution >= 0.6 is 0 Å². The van der Waals surface area contributed by atoms with Crippen molar-refractivity contribution in [3.05, 3.63) is 35.4 Å². The summed E-state index contributed by atoms with van der Waals surface area (Å²) in [6.07, 6.45) is 2.92. The zero-order chi connectivity index (χ0) is 14.4. The third kappa shape index (κ3) is 4.64. The Bertz CT molecular complexity index is 436. The highest BCUT2D eigenvalue weighted by atomic mass is 16.2. The summed E-state index contributed by atoms with van der Waals surface area (Å²) >= 11 is 0. The molecule has 1 N–H and O–H groups in total. The van der Waals surface area contributed by atoms with Gasteiger partial charge in [0, 0.05) is 32.6 Å². The molecule has 0 bridgehead atoms. The third-order valence-corrected chi connectivity index (χ3v) is 4.06. The fourth-order valence-electron chi connectivity index (χ4n) is 2.67. The van der Waals surface area contributed by atoms with E-state index in [4.69, 9.17) is 0 Å². The molecular weight excluding hydrogens is 248 g/mol. The van der Waals surface area contributed by atoms with E-state index in [-0.39, 0.29) is 0 Å². The molecule has 20 heavy (non-hydrogen) atoms. The highest BCUT2D eigenvalue weighted by Crippen LogP contribution is 2.16. The van der Waals surface area contributed by atoms with Crippen molar-refractivity contribution in [2.45, 2.75) is 39.7 Å². The molecule has 3 nitrogen and oxygen atoms in total. The highest BCUT2D eigenvalue weighted by molar-refractivity contribution is 5.76. The molecule has 1 aliphatic heterocycles. The summed E-state index contributed by atoms with van der Waals surface area (Å²) in [6, 6.07) is 8.48. The monoisotopic (exact) mass is 274 g/mol. The van der Waals surface area contributed by atoms with Crippen LogP contribution in [0.15, 0.2) is 24.3 Å². The number of rotatable bonds is 5. The van der Waals surface area contributed by atoms with Crippen LogP contribution in [0.25, 0.3) is 0 Å². The van der Waals surface area contributed by atoms with Crippen molar-refractivity contribution in [1.29, 1.82) is 0 Å². The van der Waals surface area contributed by atoms with E-state index in [2.05, 4.69) is 43.4 Å². The van der Waals surface area contributed by atoms with Gasteiger partial charge in [-0.1, -0.05) is 36.8 Å². The molecule has 3 heteroatoms. The molecule has 2 rings (SSSR count). The first kappa shape index (κ1) is 15.0. The smallest absolute Gasteiger partial charge is 0.223 e. The van der Waals surface area contributed by atoms with Crippen LogP contribution in [0.1, 0.15) is 37.3 Å². The summed E-state index contributed by atoms with van der Waals surface area (Å²) < 4.78 is 0. The average Bonchev–Trinajstić information content (AvgIpc) is 2.44. The molecule has 110 valence electrons. The molecule has 1 aliphatic rings. The Morgan fingerprint density at radius 1 is 1.35 bits per heavy atom. The highest BCUT2D eigenvalue weighted by Gasteiger charge is 2.19. The molecule has 1 aromatic carbocycles. The standard InChI is InChI=1S/C17H26N2O/c1-14-7-10-19(11-8-14)17(20)6-9-18-13-16-5-3-4-15(2)12-16/h3-5,12,14,18H,6-11,13H2,1-2H3. The van der Waals surface area contributed by atoms with Crippen molar-refractivity contribution in [1.82, 2.24) is 10.2 Å². The van der Waals surface area contributed by atoms with Gasteiger partial charge in [0.05, 0.1) is 0 Å². The van der Waals surface area contributed by atoms with Gasteiger partial charge in [-0.3, -0.25) is 4.79 Å². The molecule has 1 aromatic rings. The van der Waals surface area contributed by atoms with E-state index in [1.807, 2.05) is 4.90 Å². The van der Waals surface area contributed by atoms with E-state index in [0.717, 1.165) is 44.9 Å². The van der Waals surface area contributed by atoms with Crippen molar-refractivity contribution in [2.24, 2.45) is 5.92 Å². The third-order valence-electron chi connectivity index (χ3n) is 4.06. The molecule has 0 atom stereocenters. The van der Waals surface area contributed by atoms with E-state index < -0.39 is 0 Å². The number of nitrogens with zero attached hydrogens (tertiary/aromatic N) is 1. The number of nitrogens with one attached hydrogen (secondary N) is 1. The van der Waals surface area contributed by atoms with Crippen LogP contribution in [0.5, 0.6) is 0 Å². The van der Waals surface area contributed by atoms with Crippen LogP contribution in [0.3, 0.4) is 0 Å².